The molecule has 4 rings (SSSR count). The van der Waals surface area contributed by atoms with Gasteiger partial charge in [0.15, 0.2) is 11.1 Å². The molecule has 4 aromatic rings. The van der Waals surface area contributed by atoms with Crippen LogP contribution in [0.1, 0.15) is 19.3 Å². The molecule has 2 heterocycles. The summed E-state index contributed by atoms with van der Waals surface area (Å²) < 4.78 is 25.0. The van der Waals surface area contributed by atoms with E-state index in [4.69, 9.17) is 9.39 Å². The number of nitrogens with zero attached hydrogens (tertiary/aromatic N) is 5. The normalized spacial score (nSPS) is 12.3. The third-order valence-electron chi connectivity index (χ3n) is 5.64. The molecule has 41 heavy (non-hydrogen) atoms. The topological polar surface area (TPSA) is 150 Å². The van der Waals surface area contributed by atoms with Gasteiger partial charge in [-0.1, -0.05) is 11.3 Å². The van der Waals surface area contributed by atoms with Gasteiger partial charge in [0.2, 0.25) is 16.9 Å². The minimum Gasteiger partial charge on any atom is -0.492 e. The van der Waals surface area contributed by atoms with E-state index in [0.29, 0.717) is 34.9 Å². The number of benzene rings is 2. The smallest absolute Gasteiger partial charge is 0.335 e. The highest BCUT2D eigenvalue weighted by Crippen LogP contribution is 2.46. The Hall–Kier alpha value is -1.89. The molecular weight excluding hydrogens is 838 g/mol. The first-order valence-corrected chi connectivity index (χ1v) is 17.1. The third kappa shape index (κ3) is 8.14. The van der Waals surface area contributed by atoms with Gasteiger partial charge in [-0.05, 0) is 101 Å². The second kappa shape index (κ2) is 14.5. The molecule has 0 aliphatic carbocycles. The molecular formula is C24H21Br4N5O6S2. The molecule has 0 bridgehead atoms. The van der Waals surface area contributed by atoms with Crippen LogP contribution in [-0.2, 0) is 15.9 Å². The van der Waals surface area contributed by atoms with Crippen molar-refractivity contribution < 1.29 is 28.6 Å². The molecule has 1 unspecified atom stereocenters. The Balaban J connectivity index is 1.45. The number of halogens is 4. The monoisotopic (exact) mass is 855 g/mol. The Labute approximate surface area is 274 Å². The molecule has 3 N–H and O–H groups in total. The summed E-state index contributed by atoms with van der Waals surface area (Å²) in [7, 11) is 0. The van der Waals surface area contributed by atoms with E-state index in [1.807, 2.05) is 17.0 Å². The number of aromatic hydroxyl groups is 2. The number of anilines is 1. The fourth-order valence-corrected chi connectivity index (χ4v) is 7.62. The number of carbonyl (C=O) groups is 1. The zero-order valence-corrected chi connectivity index (χ0v) is 28.8. The van der Waals surface area contributed by atoms with Gasteiger partial charge in [0.05, 0.1) is 25.8 Å². The second-order valence-corrected chi connectivity index (χ2v) is 13.6. The van der Waals surface area contributed by atoms with Crippen LogP contribution < -0.4 is 9.74 Å². The summed E-state index contributed by atoms with van der Waals surface area (Å²) in [5.41, 5.74) is 2.15. The minimum absolute atomic E-state index is 0.0423. The lowest BCUT2D eigenvalue weighted by atomic mass is 10.2. The van der Waals surface area contributed by atoms with E-state index in [2.05, 4.69) is 78.9 Å². The predicted molar refractivity (Wildman–Crippen MR) is 172 cm³/mol. The van der Waals surface area contributed by atoms with Crippen LogP contribution in [0.4, 0.5) is 16.5 Å². The summed E-state index contributed by atoms with van der Waals surface area (Å²) in [6.07, 6.45) is 1.11. The summed E-state index contributed by atoms with van der Waals surface area (Å²) in [6.45, 7) is 0.789. The number of unbranched alkanes of at least 4 members (excludes halogenated alkanes) is 1. The van der Waals surface area contributed by atoms with Crippen LogP contribution in [0.2, 0.25) is 0 Å². The fourth-order valence-electron chi connectivity index (χ4n) is 3.64. The highest BCUT2D eigenvalue weighted by atomic mass is 79.9. The summed E-state index contributed by atoms with van der Waals surface area (Å²) in [5, 5.41) is 28.5. The van der Waals surface area contributed by atoms with Gasteiger partial charge in [-0.15, -0.1) is 15.0 Å². The van der Waals surface area contributed by atoms with Crippen molar-refractivity contribution in [2.24, 2.45) is 10.2 Å². The van der Waals surface area contributed by atoms with E-state index in [0.717, 1.165) is 33.8 Å². The predicted octanol–water partition coefficient (Wildman–Crippen LogP) is 7.83. The van der Waals surface area contributed by atoms with Crippen molar-refractivity contribution in [3.05, 3.63) is 54.3 Å². The number of azo groups is 1. The van der Waals surface area contributed by atoms with E-state index < -0.39 is 28.8 Å². The molecule has 0 fully saturated rings. The highest BCUT2D eigenvalue weighted by Gasteiger charge is 2.18. The Kier molecular flexibility index (Phi) is 11.3. The maximum absolute atomic E-state index is 12.4. The average Bonchev–Trinajstić information content (AvgIpc) is 3.52. The maximum Gasteiger partial charge on any atom is 0.335 e. The average molecular weight is 859 g/mol. The standard InChI is InChI=1S/C24H21Br4N5O6S2/c25-18-19(26)21(28)23-22(20(18)27)29-24(40-23)31-30-13-3-5-14(6-4-13)32(10-1-2-12-41(37)38)11-9-17(36)39-33-15(34)7-8-16(33)35/h3-8,34-35H,1-2,9-12H2,(H,37,38). The molecule has 1 atom stereocenters. The quantitative estimate of drug-likeness (QED) is 0.0429. The lowest BCUT2D eigenvalue weighted by Crippen LogP contribution is -2.30. The van der Waals surface area contributed by atoms with E-state index in [1.54, 1.807) is 12.1 Å². The van der Waals surface area contributed by atoms with E-state index in [9.17, 15) is 19.2 Å². The molecule has 2 aromatic carbocycles. The number of hydrogen-bond donors (Lipinski definition) is 3. The molecule has 11 nitrogen and oxygen atoms in total. The number of fused-ring (bicyclic) bond motifs is 1. The Morgan fingerprint density at radius 1 is 0.951 bits per heavy atom. The first-order chi connectivity index (χ1) is 19.5. The summed E-state index contributed by atoms with van der Waals surface area (Å²) in [6, 6.07) is 9.65. The first kappa shape index (κ1) is 32.0. The molecule has 2 aromatic heterocycles. The lowest BCUT2D eigenvalue weighted by molar-refractivity contribution is -0.145. The van der Waals surface area contributed by atoms with Crippen molar-refractivity contribution in [2.45, 2.75) is 19.3 Å². The first-order valence-electron chi connectivity index (χ1n) is 11.8. The number of rotatable bonds is 12. The van der Waals surface area contributed by atoms with E-state index >= 15 is 0 Å². The van der Waals surface area contributed by atoms with Crippen molar-refractivity contribution >= 4 is 119 Å². The van der Waals surface area contributed by atoms with Crippen molar-refractivity contribution in [3.8, 4) is 11.8 Å². The molecule has 0 saturated carbocycles. The lowest BCUT2D eigenvalue weighted by Gasteiger charge is -2.24. The zero-order valence-electron chi connectivity index (χ0n) is 20.8. The van der Waals surface area contributed by atoms with Crippen LogP contribution >= 0.6 is 75.1 Å². The minimum atomic E-state index is -1.87. The highest BCUT2D eigenvalue weighted by molar-refractivity contribution is 9.15. The number of thiazole rings is 1. The van der Waals surface area contributed by atoms with Crippen LogP contribution in [0.15, 0.2) is 64.5 Å². The van der Waals surface area contributed by atoms with Gasteiger partial charge in [-0.25, -0.2) is 14.0 Å². The van der Waals surface area contributed by atoms with Gasteiger partial charge in [0, 0.05) is 45.6 Å². The molecule has 0 saturated heterocycles. The van der Waals surface area contributed by atoms with Crippen LogP contribution in [-0.4, -0.2) is 53.5 Å². The van der Waals surface area contributed by atoms with Crippen LogP contribution in [0, 0.1) is 0 Å². The van der Waals surface area contributed by atoms with Crippen molar-refractivity contribution in [2.75, 3.05) is 23.7 Å². The molecule has 218 valence electrons. The van der Waals surface area contributed by atoms with Crippen molar-refractivity contribution in [1.82, 2.24) is 9.71 Å². The van der Waals surface area contributed by atoms with Gasteiger partial charge >= 0.3 is 5.97 Å². The number of aromatic nitrogens is 2. The summed E-state index contributed by atoms with van der Waals surface area (Å²) in [4.78, 5) is 23.9. The van der Waals surface area contributed by atoms with Crippen LogP contribution in [0.25, 0.3) is 10.2 Å². The number of carbonyl (C=O) groups excluding carboxylic acids is 1. The van der Waals surface area contributed by atoms with Crippen molar-refractivity contribution in [3.63, 3.8) is 0 Å². The Bertz CT molecular complexity index is 1550. The van der Waals surface area contributed by atoms with Crippen molar-refractivity contribution in [1.29, 1.82) is 0 Å². The largest absolute Gasteiger partial charge is 0.492 e. The third-order valence-corrected chi connectivity index (χ3v) is 12.2. The summed E-state index contributed by atoms with van der Waals surface area (Å²) >= 11 is 13.7. The van der Waals surface area contributed by atoms with Crippen LogP contribution in [0.3, 0.4) is 0 Å². The molecule has 0 aliphatic rings. The molecule has 17 heteroatoms. The molecule has 0 aliphatic heterocycles. The van der Waals surface area contributed by atoms with Gasteiger partial charge in [0.25, 0.3) is 0 Å². The number of hydrogen-bond acceptors (Lipinski definition) is 10. The molecule has 0 spiro atoms. The Morgan fingerprint density at radius 3 is 2.27 bits per heavy atom. The summed E-state index contributed by atoms with van der Waals surface area (Å²) in [5.74, 6) is -1.30. The maximum atomic E-state index is 12.4. The van der Waals surface area contributed by atoms with Gasteiger partial charge in [-0.3, -0.25) is 0 Å². The SMILES string of the molecule is O=C(CCN(CCCCS(=O)O)c1ccc(N=Nc2nc3c(Br)c(Br)c(Br)c(Br)c3s2)cc1)On1c(O)ccc1O. The molecule has 0 radical (unpaired) electrons. The van der Waals surface area contributed by atoms with Crippen LogP contribution in [0.5, 0.6) is 11.8 Å². The van der Waals surface area contributed by atoms with Gasteiger partial charge in [-0.2, -0.15) is 0 Å². The Morgan fingerprint density at radius 2 is 1.61 bits per heavy atom. The van der Waals surface area contributed by atoms with E-state index in [1.165, 1.54) is 23.5 Å². The molecule has 0 amide bonds. The second-order valence-electron chi connectivity index (χ2n) is 8.42. The van der Waals surface area contributed by atoms with Gasteiger partial charge in [0.1, 0.15) is 5.52 Å². The fraction of sp³-hybridized carbons (Fsp3) is 0.250. The zero-order chi connectivity index (χ0) is 29.7. The van der Waals surface area contributed by atoms with E-state index in [-0.39, 0.29) is 18.7 Å². The van der Waals surface area contributed by atoms with Gasteiger partial charge < -0.3 is 24.5 Å².